The van der Waals surface area contributed by atoms with Crippen molar-refractivity contribution in [2.45, 2.75) is 38.5 Å². The highest BCUT2D eigenvalue weighted by molar-refractivity contribution is 5.94. The highest BCUT2D eigenvalue weighted by Gasteiger charge is 2.24. The van der Waals surface area contributed by atoms with Crippen LogP contribution in [0.15, 0.2) is 48.5 Å². The second-order valence-corrected chi connectivity index (χ2v) is 8.05. The maximum atomic E-state index is 12.5. The number of hydrogen-bond acceptors (Lipinski definition) is 2. The lowest BCUT2D eigenvalue weighted by Crippen LogP contribution is -2.30. The number of carbonyl (C=O) groups excluding carboxylic acids is 1. The van der Waals surface area contributed by atoms with E-state index in [1.165, 1.54) is 48.8 Å². The summed E-state index contributed by atoms with van der Waals surface area (Å²) in [5.41, 5.74) is 7.71. The van der Waals surface area contributed by atoms with Crippen LogP contribution in [0.5, 0.6) is 0 Å². The Morgan fingerprint density at radius 2 is 1.82 bits per heavy atom. The Balaban J connectivity index is 1.30. The number of aromatic amines is 1. The molecule has 0 bridgehead atoms. The maximum absolute atomic E-state index is 12.5. The molecule has 2 aliphatic carbocycles. The molecule has 142 valence electrons. The van der Waals surface area contributed by atoms with Crippen molar-refractivity contribution in [2.75, 3.05) is 6.54 Å². The van der Waals surface area contributed by atoms with Gasteiger partial charge >= 0.3 is 0 Å². The fourth-order valence-corrected chi connectivity index (χ4v) is 4.62. The van der Waals surface area contributed by atoms with Crippen LogP contribution in [-0.2, 0) is 6.42 Å². The zero-order valence-corrected chi connectivity index (χ0v) is 16.0. The number of rotatable bonds is 4. The molecule has 0 atom stereocenters. The number of nitrogens with zero attached hydrogens (tertiary/aromatic N) is 1. The highest BCUT2D eigenvalue weighted by Crippen LogP contribution is 2.39. The monoisotopic (exact) mass is 371 g/mol. The minimum absolute atomic E-state index is 0.0248. The van der Waals surface area contributed by atoms with Crippen LogP contribution >= 0.6 is 0 Å². The Bertz CT molecular complexity index is 997. The predicted octanol–water partition coefficient (Wildman–Crippen LogP) is 4.96. The van der Waals surface area contributed by atoms with Crippen molar-refractivity contribution in [2.24, 2.45) is 5.92 Å². The molecule has 3 aromatic rings. The first-order valence-electron chi connectivity index (χ1n) is 10.3. The van der Waals surface area contributed by atoms with Crippen molar-refractivity contribution in [1.29, 1.82) is 0 Å². The van der Waals surface area contributed by atoms with Crippen molar-refractivity contribution >= 4 is 5.91 Å². The van der Waals surface area contributed by atoms with E-state index < -0.39 is 0 Å². The van der Waals surface area contributed by atoms with E-state index in [4.69, 9.17) is 0 Å². The van der Waals surface area contributed by atoms with E-state index in [0.717, 1.165) is 35.5 Å². The largest absolute Gasteiger partial charge is 0.352 e. The number of amides is 1. The van der Waals surface area contributed by atoms with Gasteiger partial charge in [-0.2, -0.15) is 5.10 Å². The van der Waals surface area contributed by atoms with E-state index >= 15 is 0 Å². The Hall–Kier alpha value is -2.88. The van der Waals surface area contributed by atoms with Gasteiger partial charge in [-0.25, -0.2) is 0 Å². The molecule has 2 aliphatic rings. The van der Waals surface area contributed by atoms with Crippen LogP contribution < -0.4 is 5.32 Å². The number of benzene rings is 2. The van der Waals surface area contributed by atoms with E-state index in [1.807, 2.05) is 24.3 Å². The molecule has 2 N–H and O–H groups in total. The van der Waals surface area contributed by atoms with Gasteiger partial charge in [-0.3, -0.25) is 9.89 Å². The first-order chi connectivity index (χ1) is 13.8. The molecule has 0 aliphatic heterocycles. The molecule has 1 saturated carbocycles. The Kier molecular flexibility index (Phi) is 4.47. The van der Waals surface area contributed by atoms with Gasteiger partial charge in [-0.15, -0.1) is 0 Å². The van der Waals surface area contributed by atoms with Gasteiger partial charge in [0.25, 0.3) is 5.91 Å². The average Bonchev–Trinajstić information content (AvgIpc) is 3.32. The van der Waals surface area contributed by atoms with E-state index in [0.29, 0.717) is 5.92 Å². The standard InChI is InChI=1S/C24H25N3O/c28-24(25-15-16-6-2-1-3-7-16)18-12-10-17(11-13-18)22-21-14-19-8-4-5-9-20(19)23(21)27-26-22/h4-5,8-13,16H,1-3,6-7,14-15H2,(H,25,28)(H,26,27). The minimum Gasteiger partial charge on any atom is -0.352 e. The second kappa shape index (κ2) is 7.27. The number of hydrogen-bond donors (Lipinski definition) is 2. The zero-order valence-electron chi connectivity index (χ0n) is 16.0. The predicted molar refractivity (Wildman–Crippen MR) is 111 cm³/mol. The van der Waals surface area contributed by atoms with Crippen LogP contribution in [0, 0.1) is 5.92 Å². The maximum Gasteiger partial charge on any atom is 0.251 e. The lowest BCUT2D eigenvalue weighted by atomic mass is 9.89. The summed E-state index contributed by atoms with van der Waals surface area (Å²) in [7, 11) is 0. The van der Waals surface area contributed by atoms with Crippen LogP contribution in [0.25, 0.3) is 22.5 Å². The molecular weight excluding hydrogens is 346 g/mol. The topological polar surface area (TPSA) is 57.8 Å². The van der Waals surface area contributed by atoms with Crippen molar-refractivity contribution in [3.05, 3.63) is 65.2 Å². The molecule has 4 heteroatoms. The quantitative estimate of drug-likeness (QED) is 0.533. The van der Waals surface area contributed by atoms with Crippen molar-refractivity contribution in [3.8, 4) is 22.5 Å². The number of aromatic nitrogens is 2. The summed E-state index contributed by atoms with van der Waals surface area (Å²) in [4.78, 5) is 12.5. The normalized spacial score (nSPS) is 15.9. The van der Waals surface area contributed by atoms with E-state index in [2.05, 4.69) is 39.8 Å². The average molecular weight is 371 g/mol. The molecule has 1 amide bonds. The van der Waals surface area contributed by atoms with E-state index in [-0.39, 0.29) is 5.91 Å². The second-order valence-electron chi connectivity index (χ2n) is 8.05. The minimum atomic E-state index is 0.0248. The van der Waals surface area contributed by atoms with Gasteiger partial charge in [0.15, 0.2) is 0 Å². The third-order valence-electron chi connectivity index (χ3n) is 6.22. The lowest BCUT2D eigenvalue weighted by Gasteiger charge is -2.21. The summed E-state index contributed by atoms with van der Waals surface area (Å²) in [6.07, 6.45) is 7.33. The summed E-state index contributed by atoms with van der Waals surface area (Å²) in [5, 5.41) is 10.9. The molecule has 1 aromatic heterocycles. The van der Waals surface area contributed by atoms with Crippen molar-refractivity contribution < 1.29 is 4.79 Å². The third kappa shape index (κ3) is 3.13. The third-order valence-corrected chi connectivity index (χ3v) is 6.22. The summed E-state index contributed by atoms with van der Waals surface area (Å²) < 4.78 is 0. The van der Waals surface area contributed by atoms with Gasteiger partial charge < -0.3 is 5.32 Å². The molecule has 28 heavy (non-hydrogen) atoms. The molecule has 1 fully saturated rings. The van der Waals surface area contributed by atoms with Crippen molar-refractivity contribution in [3.63, 3.8) is 0 Å². The van der Waals surface area contributed by atoms with Crippen LogP contribution in [0.1, 0.15) is 53.6 Å². The molecule has 4 nitrogen and oxygen atoms in total. The number of fused-ring (bicyclic) bond motifs is 3. The molecule has 2 aromatic carbocycles. The van der Waals surface area contributed by atoms with Gasteiger partial charge in [-0.1, -0.05) is 55.7 Å². The van der Waals surface area contributed by atoms with Crippen LogP contribution in [-0.4, -0.2) is 22.6 Å². The van der Waals surface area contributed by atoms with E-state index in [1.54, 1.807) is 0 Å². The lowest BCUT2D eigenvalue weighted by molar-refractivity contribution is 0.0943. The SMILES string of the molecule is O=C(NCC1CCCCC1)c1ccc(-c2n[nH]c3c2Cc2ccccc2-3)cc1. The molecule has 1 heterocycles. The van der Waals surface area contributed by atoms with Gasteiger partial charge in [0.1, 0.15) is 0 Å². The van der Waals surface area contributed by atoms with Crippen LogP contribution in [0.3, 0.4) is 0 Å². The summed E-state index contributed by atoms with van der Waals surface area (Å²) in [5.74, 6) is 0.669. The molecule has 0 radical (unpaired) electrons. The fourth-order valence-electron chi connectivity index (χ4n) is 4.62. The summed E-state index contributed by atoms with van der Waals surface area (Å²) >= 11 is 0. The van der Waals surface area contributed by atoms with Gasteiger partial charge in [0, 0.05) is 35.2 Å². The van der Waals surface area contributed by atoms with Crippen LogP contribution in [0.2, 0.25) is 0 Å². The fraction of sp³-hybridized carbons (Fsp3) is 0.333. The molecule has 0 unspecified atom stereocenters. The summed E-state index contributed by atoms with van der Waals surface area (Å²) in [6, 6.07) is 16.3. The summed E-state index contributed by atoms with van der Waals surface area (Å²) in [6.45, 7) is 0.797. The molecule has 5 rings (SSSR count). The Labute approximate surface area is 165 Å². The smallest absolute Gasteiger partial charge is 0.251 e. The van der Waals surface area contributed by atoms with E-state index in [9.17, 15) is 4.79 Å². The Morgan fingerprint density at radius 1 is 1.04 bits per heavy atom. The molecule has 0 saturated heterocycles. The zero-order chi connectivity index (χ0) is 18.9. The highest BCUT2D eigenvalue weighted by atomic mass is 16.1. The molecule has 0 spiro atoms. The van der Waals surface area contributed by atoms with Gasteiger partial charge in [0.2, 0.25) is 0 Å². The van der Waals surface area contributed by atoms with Gasteiger partial charge in [0.05, 0.1) is 11.4 Å². The van der Waals surface area contributed by atoms with Crippen molar-refractivity contribution in [1.82, 2.24) is 15.5 Å². The van der Waals surface area contributed by atoms with Crippen LogP contribution in [0.4, 0.5) is 0 Å². The molecular formula is C24H25N3O. The first kappa shape index (κ1) is 17.2. The van der Waals surface area contributed by atoms with Gasteiger partial charge in [-0.05, 0) is 36.5 Å². The Morgan fingerprint density at radius 3 is 2.64 bits per heavy atom. The number of nitrogens with one attached hydrogen (secondary N) is 2. The number of carbonyl (C=O) groups is 1. The number of H-pyrrole nitrogens is 1. The first-order valence-corrected chi connectivity index (χ1v) is 10.3.